The van der Waals surface area contributed by atoms with Crippen molar-refractivity contribution in [2.75, 3.05) is 6.61 Å². The van der Waals surface area contributed by atoms with Crippen LogP contribution in [0.15, 0.2) is 23.3 Å². The van der Waals surface area contributed by atoms with Gasteiger partial charge in [-0.3, -0.25) is 0 Å². The Morgan fingerprint density at radius 1 is 1.10 bits per heavy atom. The van der Waals surface area contributed by atoms with Crippen molar-refractivity contribution in [3.8, 4) is 0 Å². The van der Waals surface area contributed by atoms with Gasteiger partial charge < -0.3 is 10.2 Å². The maximum absolute atomic E-state index is 10.7. The van der Waals surface area contributed by atoms with E-state index in [9.17, 15) is 10.2 Å². The molecule has 176 valence electrons. The lowest BCUT2D eigenvalue weighted by Crippen LogP contribution is -2.54. The van der Waals surface area contributed by atoms with Crippen LogP contribution in [0.2, 0.25) is 0 Å². The van der Waals surface area contributed by atoms with E-state index in [1.54, 1.807) is 5.57 Å². The zero-order chi connectivity index (χ0) is 22.6. The lowest BCUT2D eigenvalue weighted by atomic mass is 9.44. The average molecular weight is 429 g/mol. The molecule has 3 saturated carbocycles. The Kier molecular flexibility index (Phi) is 6.32. The van der Waals surface area contributed by atoms with Crippen molar-refractivity contribution < 1.29 is 10.2 Å². The highest BCUT2D eigenvalue weighted by Gasteiger charge is 2.61. The highest BCUT2D eigenvalue weighted by atomic mass is 16.3. The zero-order valence-electron chi connectivity index (χ0n) is 21.1. The lowest BCUT2D eigenvalue weighted by Gasteiger charge is -2.61. The third-order valence-electron chi connectivity index (χ3n) is 11.1. The molecule has 4 aliphatic rings. The Balaban J connectivity index is 1.53. The topological polar surface area (TPSA) is 40.5 Å². The average Bonchev–Trinajstić information content (AvgIpc) is 3.08. The molecule has 0 heterocycles. The van der Waals surface area contributed by atoms with Crippen LogP contribution in [-0.2, 0) is 0 Å². The predicted octanol–water partition coefficient (Wildman–Crippen LogP) is 6.92. The van der Waals surface area contributed by atoms with Crippen LogP contribution in [0.4, 0.5) is 0 Å². The Hall–Kier alpha value is -0.600. The van der Waals surface area contributed by atoms with Crippen LogP contribution in [0.3, 0.4) is 0 Å². The third-order valence-corrected chi connectivity index (χ3v) is 11.1. The molecule has 2 N–H and O–H groups in total. The summed E-state index contributed by atoms with van der Waals surface area (Å²) in [5, 5.41) is 20.0. The van der Waals surface area contributed by atoms with Crippen LogP contribution in [-0.4, -0.2) is 22.9 Å². The molecule has 0 aromatic heterocycles. The highest BCUT2D eigenvalue weighted by Crippen LogP contribution is 2.68. The molecule has 8 atom stereocenters. The summed E-state index contributed by atoms with van der Waals surface area (Å²) in [7, 11) is 0. The monoisotopic (exact) mass is 428 g/mol. The molecule has 2 nitrogen and oxygen atoms in total. The van der Waals surface area contributed by atoms with Crippen molar-refractivity contribution in [1.29, 1.82) is 0 Å². The summed E-state index contributed by atoms with van der Waals surface area (Å²) in [6, 6.07) is 0. The van der Waals surface area contributed by atoms with Gasteiger partial charge in [-0.25, -0.2) is 0 Å². The molecule has 0 radical (unpaired) electrons. The largest absolute Gasteiger partial charge is 0.392 e. The van der Waals surface area contributed by atoms with Gasteiger partial charge in [-0.15, -0.1) is 0 Å². The maximum Gasteiger partial charge on any atom is 0.0639 e. The van der Waals surface area contributed by atoms with E-state index in [1.165, 1.54) is 44.9 Å². The van der Waals surface area contributed by atoms with Gasteiger partial charge in [-0.2, -0.15) is 0 Å². The summed E-state index contributed by atoms with van der Waals surface area (Å²) in [6.45, 7) is 14.5. The first-order valence-corrected chi connectivity index (χ1v) is 13.2. The second-order valence-corrected chi connectivity index (χ2v) is 12.9. The molecule has 31 heavy (non-hydrogen) atoms. The molecule has 0 aliphatic heterocycles. The Morgan fingerprint density at radius 3 is 2.55 bits per heavy atom. The number of aliphatic hydroxyl groups excluding tert-OH is 2. The van der Waals surface area contributed by atoms with Crippen LogP contribution in [0.1, 0.15) is 99.3 Å². The lowest BCUT2D eigenvalue weighted by molar-refractivity contribution is -0.0781. The highest BCUT2D eigenvalue weighted by molar-refractivity contribution is 5.31. The second-order valence-electron chi connectivity index (χ2n) is 12.9. The molecular weight excluding hydrogens is 380 g/mol. The van der Waals surface area contributed by atoms with Crippen molar-refractivity contribution in [2.24, 2.45) is 45.8 Å². The van der Waals surface area contributed by atoms with Gasteiger partial charge in [0.1, 0.15) is 0 Å². The molecule has 4 aliphatic carbocycles. The van der Waals surface area contributed by atoms with Gasteiger partial charge in [0.2, 0.25) is 0 Å². The van der Waals surface area contributed by atoms with Crippen molar-refractivity contribution in [2.45, 2.75) is 105 Å². The first kappa shape index (κ1) is 23.6. The summed E-state index contributed by atoms with van der Waals surface area (Å²) >= 11 is 0. The number of aliphatic hydroxyl groups is 2. The Bertz CT molecular complexity index is 733. The fourth-order valence-electron chi connectivity index (χ4n) is 9.22. The van der Waals surface area contributed by atoms with Crippen molar-refractivity contribution in [3.63, 3.8) is 0 Å². The molecule has 4 rings (SSSR count). The smallest absolute Gasteiger partial charge is 0.0639 e. The Morgan fingerprint density at radius 2 is 1.84 bits per heavy atom. The van der Waals surface area contributed by atoms with Gasteiger partial charge in [-0.1, -0.05) is 57.9 Å². The minimum Gasteiger partial charge on any atom is -0.392 e. The van der Waals surface area contributed by atoms with E-state index < -0.39 is 0 Å². The number of fused-ring (bicyclic) bond motifs is 5. The summed E-state index contributed by atoms with van der Waals surface area (Å²) in [5.74, 6) is 4.14. The minimum atomic E-state index is -0.183. The summed E-state index contributed by atoms with van der Waals surface area (Å²) in [6.07, 6.45) is 16.0. The molecule has 0 unspecified atom stereocenters. The van der Waals surface area contributed by atoms with E-state index in [0.717, 1.165) is 48.0 Å². The van der Waals surface area contributed by atoms with Gasteiger partial charge in [-0.05, 0) is 105 Å². The van der Waals surface area contributed by atoms with Crippen molar-refractivity contribution >= 4 is 0 Å². The van der Waals surface area contributed by atoms with Gasteiger partial charge in [0.25, 0.3) is 0 Å². The summed E-state index contributed by atoms with van der Waals surface area (Å²) in [4.78, 5) is 0. The van der Waals surface area contributed by atoms with E-state index in [2.05, 4.69) is 46.8 Å². The van der Waals surface area contributed by atoms with Gasteiger partial charge in [0.05, 0.1) is 12.7 Å². The van der Waals surface area contributed by atoms with E-state index in [4.69, 9.17) is 0 Å². The van der Waals surface area contributed by atoms with Crippen LogP contribution >= 0.6 is 0 Å². The first-order chi connectivity index (χ1) is 14.6. The van der Waals surface area contributed by atoms with Gasteiger partial charge in [0, 0.05) is 5.41 Å². The maximum atomic E-state index is 10.7. The van der Waals surface area contributed by atoms with Crippen LogP contribution in [0.5, 0.6) is 0 Å². The van der Waals surface area contributed by atoms with E-state index in [-0.39, 0.29) is 18.1 Å². The molecule has 3 fully saturated rings. The van der Waals surface area contributed by atoms with Crippen LogP contribution in [0, 0.1) is 45.8 Å². The van der Waals surface area contributed by atoms with Crippen molar-refractivity contribution in [3.05, 3.63) is 23.3 Å². The number of rotatable bonds is 5. The minimum absolute atomic E-state index is 0.0638. The standard InChI is InChI=1S/C29H48O2/c1-19(18-30)8-7-9-20(2)22-11-12-23-21-10-13-25-27(3,4)26(31)15-17-29(25,6)24(21)14-16-28(22,23)5/h8,13,20-24,26,30-31H,7,9-12,14-18H2,1-6H3/b19-8-/t20-,21+,22-,23+,24+,26+,28-,29-/m1/s1. The van der Waals surface area contributed by atoms with Crippen LogP contribution < -0.4 is 0 Å². The number of hydrogen-bond acceptors (Lipinski definition) is 2. The molecule has 0 amide bonds. The quantitative estimate of drug-likeness (QED) is 0.467. The van der Waals surface area contributed by atoms with Gasteiger partial charge >= 0.3 is 0 Å². The second kappa shape index (κ2) is 8.32. The predicted molar refractivity (Wildman–Crippen MR) is 130 cm³/mol. The van der Waals surface area contributed by atoms with Gasteiger partial charge in [0.15, 0.2) is 0 Å². The number of hydrogen-bond donors (Lipinski definition) is 2. The van der Waals surface area contributed by atoms with Crippen LogP contribution in [0.25, 0.3) is 0 Å². The molecule has 0 aromatic carbocycles. The summed E-state index contributed by atoms with van der Waals surface area (Å²) in [5.41, 5.74) is 3.43. The SMILES string of the molecule is C/C(=C/CC[C@@H](C)[C@H]1CC[C@H]2[C@@H]3CC=C4C(C)(C)[C@@H](O)CC[C@]4(C)[C@H]3CC[C@]12C)CO. The molecular formula is C29H48O2. The summed E-state index contributed by atoms with van der Waals surface area (Å²) < 4.78 is 0. The van der Waals surface area contributed by atoms with E-state index in [1.807, 2.05) is 6.92 Å². The fourth-order valence-corrected chi connectivity index (χ4v) is 9.22. The van der Waals surface area contributed by atoms with E-state index in [0.29, 0.717) is 10.8 Å². The molecule has 2 heteroatoms. The normalized spacial score (nSPS) is 45.4. The molecule has 0 saturated heterocycles. The molecule has 0 bridgehead atoms. The Labute approximate surface area is 191 Å². The molecule has 0 spiro atoms. The van der Waals surface area contributed by atoms with Crippen molar-refractivity contribution in [1.82, 2.24) is 0 Å². The van der Waals surface area contributed by atoms with E-state index >= 15 is 0 Å². The molecule has 0 aromatic rings. The zero-order valence-corrected chi connectivity index (χ0v) is 21.1. The first-order valence-electron chi connectivity index (χ1n) is 13.2. The fraction of sp³-hybridized carbons (Fsp3) is 0.862. The third kappa shape index (κ3) is 3.68. The number of allylic oxidation sites excluding steroid dienone is 2.